The summed E-state index contributed by atoms with van der Waals surface area (Å²) in [6.07, 6.45) is 3.00. The summed E-state index contributed by atoms with van der Waals surface area (Å²) in [6, 6.07) is 15.5. The van der Waals surface area contributed by atoms with E-state index in [2.05, 4.69) is 5.10 Å². The smallest absolute Gasteiger partial charge is 0.298 e. The zero-order chi connectivity index (χ0) is 19.7. The van der Waals surface area contributed by atoms with E-state index in [4.69, 9.17) is 11.6 Å². The summed E-state index contributed by atoms with van der Waals surface area (Å²) in [6.45, 7) is 2.05. The molecule has 1 aliphatic rings. The molecule has 6 heteroatoms. The minimum Gasteiger partial charge on any atom is -0.298 e. The van der Waals surface area contributed by atoms with Crippen molar-refractivity contribution < 1.29 is 4.79 Å². The van der Waals surface area contributed by atoms with E-state index in [9.17, 15) is 9.59 Å². The molecular formula is C22H22ClN3O2. The van der Waals surface area contributed by atoms with E-state index in [0.29, 0.717) is 23.7 Å². The SMILES string of the molecule is Cc1ccccc1CCC(=O)Cn1nc(-c2ccc(Cl)cc2)n(C2CC2)c1=O. The van der Waals surface area contributed by atoms with E-state index in [-0.39, 0.29) is 24.1 Å². The van der Waals surface area contributed by atoms with Gasteiger partial charge in [0.25, 0.3) is 0 Å². The molecular weight excluding hydrogens is 374 g/mol. The van der Waals surface area contributed by atoms with Crippen LogP contribution in [0.4, 0.5) is 0 Å². The maximum Gasteiger partial charge on any atom is 0.346 e. The maximum atomic E-state index is 12.9. The minimum absolute atomic E-state index is 0.00498. The van der Waals surface area contributed by atoms with Gasteiger partial charge in [-0.2, -0.15) is 0 Å². The van der Waals surface area contributed by atoms with Crippen molar-refractivity contribution in [1.29, 1.82) is 0 Å². The Morgan fingerprint density at radius 2 is 1.86 bits per heavy atom. The second-order valence-corrected chi connectivity index (χ2v) is 7.77. The molecule has 2 aromatic carbocycles. The van der Waals surface area contributed by atoms with Gasteiger partial charge in [0.2, 0.25) is 0 Å². The lowest BCUT2D eigenvalue weighted by molar-refractivity contribution is -0.119. The molecule has 1 aromatic heterocycles. The van der Waals surface area contributed by atoms with Crippen LogP contribution in [0.3, 0.4) is 0 Å². The van der Waals surface area contributed by atoms with Crippen molar-refractivity contribution in [3.63, 3.8) is 0 Å². The summed E-state index contributed by atoms with van der Waals surface area (Å²) < 4.78 is 3.03. The van der Waals surface area contributed by atoms with Crippen molar-refractivity contribution in [2.45, 2.75) is 45.2 Å². The monoisotopic (exact) mass is 395 g/mol. The number of hydrogen-bond acceptors (Lipinski definition) is 3. The van der Waals surface area contributed by atoms with Gasteiger partial charge in [-0.3, -0.25) is 9.36 Å². The van der Waals surface area contributed by atoms with Crippen molar-refractivity contribution in [3.05, 3.63) is 75.2 Å². The molecule has 0 aliphatic heterocycles. The number of aryl methyl sites for hydroxylation is 2. The number of rotatable bonds is 7. The lowest BCUT2D eigenvalue weighted by Crippen LogP contribution is -2.27. The molecule has 0 bridgehead atoms. The Kier molecular flexibility index (Phi) is 5.18. The first-order chi connectivity index (χ1) is 13.5. The number of hydrogen-bond donors (Lipinski definition) is 0. The number of halogens is 1. The number of ketones is 1. The Hall–Kier alpha value is -2.66. The van der Waals surface area contributed by atoms with Gasteiger partial charge in [-0.25, -0.2) is 9.48 Å². The Morgan fingerprint density at radius 3 is 2.54 bits per heavy atom. The molecule has 1 saturated carbocycles. The number of nitrogens with zero attached hydrogens (tertiary/aromatic N) is 3. The summed E-state index contributed by atoms with van der Waals surface area (Å²) in [5.74, 6) is 0.615. The lowest BCUT2D eigenvalue weighted by Gasteiger charge is -2.04. The van der Waals surface area contributed by atoms with Gasteiger partial charge >= 0.3 is 5.69 Å². The molecule has 4 rings (SSSR count). The Bertz CT molecular complexity index is 1060. The number of Topliss-reactive ketones (excluding diaryl/α,β-unsaturated/α-hetero) is 1. The van der Waals surface area contributed by atoms with E-state index in [1.54, 1.807) is 16.7 Å². The van der Waals surface area contributed by atoms with Crippen molar-refractivity contribution in [1.82, 2.24) is 14.3 Å². The number of carbonyl (C=O) groups excluding carboxylic acids is 1. The molecule has 0 amide bonds. The van der Waals surface area contributed by atoms with Crippen LogP contribution in [0.2, 0.25) is 5.02 Å². The first-order valence-corrected chi connectivity index (χ1v) is 9.92. The average Bonchev–Trinajstić information content (AvgIpc) is 3.47. The quantitative estimate of drug-likeness (QED) is 0.602. The third-order valence-corrected chi connectivity index (χ3v) is 5.40. The molecule has 0 unspecified atom stereocenters. The zero-order valence-corrected chi connectivity index (χ0v) is 16.5. The fraction of sp³-hybridized carbons (Fsp3) is 0.318. The molecule has 0 N–H and O–H groups in total. The average molecular weight is 396 g/mol. The van der Waals surface area contributed by atoms with Crippen LogP contribution in [0.1, 0.15) is 36.4 Å². The standard InChI is InChI=1S/C22H22ClN3O2/c1-15-4-2-3-5-16(15)8-13-20(27)14-25-22(28)26(19-11-12-19)21(24-25)17-6-9-18(23)10-7-17/h2-7,9-10,19H,8,11-14H2,1H3. The summed E-state index contributed by atoms with van der Waals surface area (Å²) in [4.78, 5) is 25.4. The van der Waals surface area contributed by atoms with Gasteiger partial charge in [-0.15, -0.1) is 5.10 Å². The molecule has 0 atom stereocenters. The van der Waals surface area contributed by atoms with Gasteiger partial charge in [0.15, 0.2) is 11.6 Å². The van der Waals surface area contributed by atoms with Crippen molar-refractivity contribution >= 4 is 17.4 Å². The van der Waals surface area contributed by atoms with Crippen molar-refractivity contribution in [3.8, 4) is 11.4 Å². The molecule has 28 heavy (non-hydrogen) atoms. The largest absolute Gasteiger partial charge is 0.346 e. The molecule has 0 spiro atoms. The lowest BCUT2D eigenvalue weighted by atomic mass is 10.0. The van der Waals surface area contributed by atoms with Crippen LogP contribution >= 0.6 is 11.6 Å². The molecule has 144 valence electrons. The van der Waals surface area contributed by atoms with Crippen molar-refractivity contribution in [2.75, 3.05) is 0 Å². The molecule has 1 aliphatic carbocycles. The van der Waals surface area contributed by atoms with Crippen LogP contribution in [-0.4, -0.2) is 20.1 Å². The van der Waals surface area contributed by atoms with Gasteiger partial charge in [0.1, 0.15) is 6.54 Å². The van der Waals surface area contributed by atoms with E-state index in [1.807, 2.05) is 43.3 Å². The second kappa shape index (κ2) is 7.76. The summed E-state index contributed by atoms with van der Waals surface area (Å²) >= 11 is 5.98. The fourth-order valence-electron chi connectivity index (χ4n) is 3.39. The van der Waals surface area contributed by atoms with E-state index in [1.165, 1.54) is 10.2 Å². The topological polar surface area (TPSA) is 56.9 Å². The van der Waals surface area contributed by atoms with Crippen LogP contribution in [-0.2, 0) is 17.8 Å². The highest BCUT2D eigenvalue weighted by molar-refractivity contribution is 6.30. The Morgan fingerprint density at radius 1 is 1.14 bits per heavy atom. The van der Waals surface area contributed by atoms with Crippen LogP contribution < -0.4 is 5.69 Å². The van der Waals surface area contributed by atoms with Crippen LogP contribution in [0.5, 0.6) is 0 Å². The molecule has 1 fully saturated rings. The maximum absolute atomic E-state index is 12.9. The first kappa shape index (κ1) is 18.7. The number of aromatic nitrogens is 3. The predicted octanol–water partition coefficient (Wildman–Crippen LogP) is 4.21. The molecule has 0 saturated heterocycles. The highest BCUT2D eigenvalue weighted by atomic mass is 35.5. The summed E-state index contributed by atoms with van der Waals surface area (Å²) in [5, 5.41) is 5.12. The van der Waals surface area contributed by atoms with Crippen LogP contribution in [0.15, 0.2) is 53.3 Å². The van der Waals surface area contributed by atoms with Crippen molar-refractivity contribution in [2.24, 2.45) is 0 Å². The molecule has 1 heterocycles. The van der Waals surface area contributed by atoms with Gasteiger partial charge in [0.05, 0.1) is 0 Å². The second-order valence-electron chi connectivity index (χ2n) is 7.34. The molecule has 0 radical (unpaired) electrons. The van der Waals surface area contributed by atoms with Gasteiger partial charge in [-0.1, -0.05) is 35.9 Å². The third-order valence-electron chi connectivity index (χ3n) is 5.15. The fourth-order valence-corrected chi connectivity index (χ4v) is 3.52. The normalized spacial score (nSPS) is 13.6. The molecule has 3 aromatic rings. The highest BCUT2D eigenvalue weighted by Gasteiger charge is 2.30. The number of carbonyl (C=O) groups is 1. The Labute approximate surface area is 168 Å². The van der Waals surface area contributed by atoms with E-state index >= 15 is 0 Å². The molecule has 5 nitrogen and oxygen atoms in total. The first-order valence-electron chi connectivity index (χ1n) is 9.54. The van der Waals surface area contributed by atoms with Gasteiger partial charge in [0, 0.05) is 23.0 Å². The number of benzene rings is 2. The van der Waals surface area contributed by atoms with Crippen LogP contribution in [0.25, 0.3) is 11.4 Å². The Balaban J connectivity index is 1.54. The zero-order valence-electron chi connectivity index (χ0n) is 15.8. The van der Waals surface area contributed by atoms with Gasteiger partial charge < -0.3 is 0 Å². The van der Waals surface area contributed by atoms with E-state index in [0.717, 1.165) is 24.0 Å². The van der Waals surface area contributed by atoms with Gasteiger partial charge in [-0.05, 0) is 61.6 Å². The predicted molar refractivity (Wildman–Crippen MR) is 110 cm³/mol. The third kappa shape index (κ3) is 3.94. The van der Waals surface area contributed by atoms with E-state index < -0.39 is 0 Å². The van der Waals surface area contributed by atoms with Crippen LogP contribution in [0, 0.1) is 6.92 Å². The summed E-state index contributed by atoms with van der Waals surface area (Å²) in [5.41, 5.74) is 2.96. The summed E-state index contributed by atoms with van der Waals surface area (Å²) in [7, 11) is 0. The highest BCUT2D eigenvalue weighted by Crippen LogP contribution is 2.36. The minimum atomic E-state index is -0.211.